The first-order valence-electron chi connectivity index (χ1n) is 6.64. The number of carbonyl (C=O) groups excluding carboxylic acids is 1. The van der Waals surface area contributed by atoms with Gasteiger partial charge in [0, 0.05) is 34.8 Å². The summed E-state index contributed by atoms with van der Waals surface area (Å²) in [5.74, 6) is -0.0678. The van der Waals surface area contributed by atoms with E-state index in [0.29, 0.717) is 12.3 Å². The maximum atomic E-state index is 12.3. The van der Waals surface area contributed by atoms with E-state index in [1.165, 1.54) is 18.2 Å². The normalized spacial score (nSPS) is 13.2. The van der Waals surface area contributed by atoms with Crippen LogP contribution in [0.2, 0.25) is 5.02 Å². The molecule has 0 saturated carbocycles. The molecule has 0 heterocycles. The van der Waals surface area contributed by atoms with Crippen LogP contribution in [0.15, 0.2) is 18.2 Å². The van der Waals surface area contributed by atoms with E-state index >= 15 is 0 Å². The van der Waals surface area contributed by atoms with Gasteiger partial charge in [-0.1, -0.05) is 25.4 Å². The number of nitrogens with zero attached hydrogens (tertiary/aromatic N) is 1. The highest BCUT2D eigenvalue weighted by molar-refractivity contribution is 6.31. The van der Waals surface area contributed by atoms with Crippen molar-refractivity contribution < 1.29 is 9.72 Å². The van der Waals surface area contributed by atoms with E-state index in [1.807, 2.05) is 20.8 Å². The van der Waals surface area contributed by atoms with E-state index in [4.69, 9.17) is 17.3 Å². The van der Waals surface area contributed by atoms with Crippen molar-refractivity contribution in [2.75, 3.05) is 6.54 Å². The molecule has 1 aromatic rings. The van der Waals surface area contributed by atoms with E-state index in [-0.39, 0.29) is 35.2 Å². The molecular formula is C14H21Cl2N3O3. The quantitative estimate of drug-likeness (QED) is 0.608. The molecule has 0 spiro atoms. The Hall–Kier alpha value is -1.37. The number of rotatable bonds is 6. The smallest absolute Gasteiger partial charge is 0.271 e. The molecule has 124 valence electrons. The summed E-state index contributed by atoms with van der Waals surface area (Å²) in [5.41, 5.74) is 5.11. The molecule has 0 aliphatic rings. The van der Waals surface area contributed by atoms with Crippen molar-refractivity contribution in [3.8, 4) is 0 Å². The molecule has 0 radical (unpaired) electrons. The van der Waals surface area contributed by atoms with Gasteiger partial charge in [0.25, 0.3) is 11.6 Å². The first kappa shape index (κ1) is 20.6. The fourth-order valence-electron chi connectivity index (χ4n) is 2.24. The van der Waals surface area contributed by atoms with Gasteiger partial charge in [0.05, 0.1) is 4.92 Å². The predicted molar refractivity (Wildman–Crippen MR) is 89.7 cm³/mol. The van der Waals surface area contributed by atoms with Crippen molar-refractivity contribution in [3.63, 3.8) is 0 Å². The van der Waals surface area contributed by atoms with Gasteiger partial charge in [0.2, 0.25) is 0 Å². The summed E-state index contributed by atoms with van der Waals surface area (Å²) < 4.78 is 0. The summed E-state index contributed by atoms with van der Waals surface area (Å²) in [7, 11) is 0. The molecule has 1 atom stereocenters. The highest BCUT2D eigenvalue weighted by atomic mass is 35.5. The van der Waals surface area contributed by atoms with Crippen LogP contribution in [0.3, 0.4) is 0 Å². The van der Waals surface area contributed by atoms with Crippen molar-refractivity contribution in [2.24, 2.45) is 11.7 Å². The number of benzene rings is 1. The van der Waals surface area contributed by atoms with Crippen LogP contribution in [0.4, 0.5) is 5.69 Å². The largest absolute Gasteiger partial charge is 0.346 e. The first-order chi connectivity index (χ1) is 9.66. The number of amides is 1. The minimum atomic E-state index is -0.584. The van der Waals surface area contributed by atoms with Gasteiger partial charge in [0.1, 0.15) is 0 Å². The van der Waals surface area contributed by atoms with Crippen LogP contribution >= 0.6 is 24.0 Å². The topological polar surface area (TPSA) is 98.3 Å². The lowest BCUT2D eigenvalue weighted by atomic mass is 9.90. The van der Waals surface area contributed by atoms with Gasteiger partial charge in [-0.2, -0.15) is 0 Å². The third-order valence-electron chi connectivity index (χ3n) is 3.08. The minimum Gasteiger partial charge on any atom is -0.346 e. The zero-order valence-corrected chi connectivity index (χ0v) is 14.3. The number of non-ortho nitro benzene ring substituents is 1. The third-order valence-corrected chi connectivity index (χ3v) is 3.30. The van der Waals surface area contributed by atoms with Gasteiger partial charge in [-0.15, -0.1) is 12.4 Å². The van der Waals surface area contributed by atoms with Crippen LogP contribution in [0, 0.1) is 16.0 Å². The second-order valence-electron chi connectivity index (χ2n) is 5.77. The standard InChI is InChI=1S/C14H20ClN3O3.ClH/c1-9(2)7-14(3,8-16)17-13(19)10-4-11(15)6-12(5-10)18(20)21;/h4-6,9H,7-8,16H2,1-3H3,(H,17,19);1H. The van der Waals surface area contributed by atoms with Crippen molar-refractivity contribution in [2.45, 2.75) is 32.7 Å². The zero-order chi connectivity index (χ0) is 16.2. The lowest BCUT2D eigenvalue weighted by molar-refractivity contribution is -0.384. The van der Waals surface area contributed by atoms with Crippen LogP contribution in [0.5, 0.6) is 0 Å². The molecular weight excluding hydrogens is 329 g/mol. The molecule has 0 bridgehead atoms. The Bertz CT molecular complexity index is 552. The molecule has 1 aromatic carbocycles. The predicted octanol–water partition coefficient (Wildman–Crippen LogP) is 3.16. The van der Waals surface area contributed by atoms with Crippen molar-refractivity contribution in [1.82, 2.24) is 5.32 Å². The molecule has 1 unspecified atom stereocenters. The van der Waals surface area contributed by atoms with Crippen molar-refractivity contribution >= 4 is 35.6 Å². The summed E-state index contributed by atoms with van der Waals surface area (Å²) >= 11 is 5.82. The number of hydrogen-bond donors (Lipinski definition) is 2. The average molecular weight is 350 g/mol. The van der Waals surface area contributed by atoms with E-state index < -0.39 is 16.4 Å². The number of nitro benzene ring substituents is 1. The summed E-state index contributed by atoms with van der Waals surface area (Å²) in [6.07, 6.45) is 0.706. The van der Waals surface area contributed by atoms with Crippen LogP contribution in [0.1, 0.15) is 37.6 Å². The molecule has 1 rings (SSSR count). The summed E-state index contributed by atoms with van der Waals surface area (Å²) in [6.45, 7) is 6.19. The Labute approximate surface area is 141 Å². The zero-order valence-electron chi connectivity index (χ0n) is 12.8. The molecule has 1 amide bonds. The Morgan fingerprint density at radius 1 is 1.45 bits per heavy atom. The van der Waals surface area contributed by atoms with Crippen LogP contribution < -0.4 is 11.1 Å². The summed E-state index contributed by atoms with van der Waals surface area (Å²) in [4.78, 5) is 22.5. The molecule has 0 aliphatic carbocycles. The molecule has 6 nitrogen and oxygen atoms in total. The van der Waals surface area contributed by atoms with Crippen molar-refractivity contribution in [3.05, 3.63) is 38.9 Å². The Morgan fingerprint density at radius 3 is 2.50 bits per heavy atom. The molecule has 3 N–H and O–H groups in total. The third kappa shape index (κ3) is 5.79. The molecule has 0 saturated heterocycles. The Kier molecular flexibility index (Phi) is 7.79. The van der Waals surface area contributed by atoms with Crippen LogP contribution in [-0.2, 0) is 0 Å². The van der Waals surface area contributed by atoms with E-state index in [1.54, 1.807) is 0 Å². The van der Waals surface area contributed by atoms with Gasteiger partial charge in [-0.3, -0.25) is 14.9 Å². The van der Waals surface area contributed by atoms with Crippen LogP contribution in [0.25, 0.3) is 0 Å². The fraction of sp³-hybridized carbons (Fsp3) is 0.500. The number of halogens is 2. The summed E-state index contributed by atoms with van der Waals surface area (Å²) in [6, 6.07) is 3.80. The average Bonchev–Trinajstić information content (AvgIpc) is 2.36. The lowest BCUT2D eigenvalue weighted by Gasteiger charge is -2.31. The lowest BCUT2D eigenvalue weighted by Crippen LogP contribution is -2.52. The number of nitro groups is 1. The molecule has 0 aromatic heterocycles. The Morgan fingerprint density at radius 2 is 2.05 bits per heavy atom. The first-order valence-corrected chi connectivity index (χ1v) is 7.02. The molecule has 0 fully saturated rings. The van der Waals surface area contributed by atoms with Crippen molar-refractivity contribution in [1.29, 1.82) is 0 Å². The van der Waals surface area contributed by atoms with Gasteiger partial charge in [0.15, 0.2) is 0 Å². The second-order valence-corrected chi connectivity index (χ2v) is 6.21. The number of carbonyl (C=O) groups is 1. The van der Waals surface area contributed by atoms with E-state index in [9.17, 15) is 14.9 Å². The molecule has 22 heavy (non-hydrogen) atoms. The second kappa shape index (κ2) is 8.31. The molecule has 8 heteroatoms. The van der Waals surface area contributed by atoms with Gasteiger partial charge in [-0.05, 0) is 25.3 Å². The van der Waals surface area contributed by atoms with Gasteiger partial charge >= 0.3 is 0 Å². The van der Waals surface area contributed by atoms with Crippen LogP contribution in [-0.4, -0.2) is 22.9 Å². The highest BCUT2D eigenvalue weighted by Gasteiger charge is 2.27. The maximum absolute atomic E-state index is 12.3. The monoisotopic (exact) mass is 349 g/mol. The highest BCUT2D eigenvalue weighted by Crippen LogP contribution is 2.22. The van der Waals surface area contributed by atoms with Gasteiger partial charge in [-0.25, -0.2) is 0 Å². The SMILES string of the molecule is CC(C)CC(C)(CN)NC(=O)c1cc(Cl)cc([N+](=O)[O-])c1.Cl. The Balaban J connectivity index is 0.00000441. The molecule has 0 aliphatic heterocycles. The van der Waals surface area contributed by atoms with E-state index in [2.05, 4.69) is 5.32 Å². The summed E-state index contributed by atoms with van der Waals surface area (Å²) in [5, 5.41) is 13.8. The number of hydrogen-bond acceptors (Lipinski definition) is 4. The fourth-order valence-corrected chi connectivity index (χ4v) is 2.47. The minimum absolute atomic E-state index is 0. The van der Waals surface area contributed by atoms with E-state index in [0.717, 1.165) is 0 Å². The number of nitrogens with two attached hydrogens (primary N) is 1. The number of nitrogens with one attached hydrogen (secondary N) is 1. The van der Waals surface area contributed by atoms with Gasteiger partial charge < -0.3 is 11.1 Å². The maximum Gasteiger partial charge on any atom is 0.271 e.